The first-order chi connectivity index (χ1) is 18.0. The molecule has 0 saturated heterocycles. The number of rotatable bonds is 5. The lowest BCUT2D eigenvalue weighted by atomic mass is 9.52. The minimum Gasteiger partial charge on any atom is -0.505 e. The van der Waals surface area contributed by atoms with E-state index >= 15 is 0 Å². The number of ketones is 4. The lowest BCUT2D eigenvalue weighted by Gasteiger charge is -2.52. The van der Waals surface area contributed by atoms with Gasteiger partial charge in [0, 0.05) is 25.7 Å². The van der Waals surface area contributed by atoms with E-state index in [1.54, 1.807) is 25.9 Å². The maximum Gasteiger partial charge on any atom is 0.237 e. The molecule has 4 rings (SSSR count). The molecule has 3 aliphatic carbocycles. The number of hydrogen-bond donors (Lipinski definition) is 4. The van der Waals surface area contributed by atoms with E-state index in [2.05, 4.69) is 21.2 Å². The Labute approximate surface area is 233 Å². The Bertz CT molecular complexity index is 1330. The highest BCUT2D eigenvalue weighted by molar-refractivity contribution is 9.10. The van der Waals surface area contributed by atoms with Crippen molar-refractivity contribution in [2.45, 2.75) is 36.2 Å². The first kappa shape index (κ1) is 28.8. The van der Waals surface area contributed by atoms with Crippen molar-refractivity contribution in [2.24, 2.45) is 29.4 Å². The number of nitrogens with two attached hydrogens (primary N) is 1. The molecule has 0 aromatic heterocycles. The average Bonchev–Trinajstić information content (AvgIpc) is 2.82. The number of hydrogen-bond acceptors (Lipinski definition) is 10. The minimum atomic E-state index is -2.80. The molecule has 210 valence electrons. The summed E-state index contributed by atoms with van der Waals surface area (Å²) in [5, 5.41) is 25.3. The van der Waals surface area contributed by atoms with E-state index in [-0.39, 0.29) is 24.1 Å². The zero-order chi connectivity index (χ0) is 29.3. The molecule has 3 aliphatic rings. The molecule has 0 spiro atoms. The van der Waals surface area contributed by atoms with Crippen LogP contribution in [0.15, 0.2) is 6.07 Å². The van der Waals surface area contributed by atoms with Gasteiger partial charge in [0.15, 0.2) is 34.7 Å². The molecule has 13 heteroatoms. The summed E-state index contributed by atoms with van der Waals surface area (Å²) in [5.41, 5.74) is 3.27. The fourth-order valence-electron chi connectivity index (χ4n) is 6.38. The van der Waals surface area contributed by atoms with Crippen molar-refractivity contribution in [1.29, 1.82) is 0 Å². The number of likely N-dealkylation sites (N-methyl/N-ethyl adjacent to an activating group) is 1. The van der Waals surface area contributed by atoms with Crippen LogP contribution >= 0.6 is 15.9 Å². The second kappa shape index (κ2) is 9.79. The lowest BCUT2D eigenvalue weighted by molar-refractivity contribution is -0.181. The molecule has 0 radical (unpaired) electrons. The van der Waals surface area contributed by atoms with Crippen molar-refractivity contribution in [3.8, 4) is 5.75 Å². The molecule has 5 N–H and O–H groups in total. The number of aromatic hydroxyl groups is 1. The Hall–Kier alpha value is -3.16. The molecule has 5 unspecified atom stereocenters. The number of aliphatic hydroxyl groups is 1. The molecule has 2 saturated carbocycles. The molecule has 12 nitrogen and oxygen atoms in total. The van der Waals surface area contributed by atoms with Crippen molar-refractivity contribution in [3.63, 3.8) is 0 Å². The summed E-state index contributed by atoms with van der Waals surface area (Å²) in [7, 11) is 6.50. The Morgan fingerprint density at radius 2 is 1.77 bits per heavy atom. The summed E-state index contributed by atoms with van der Waals surface area (Å²) in [6.07, 6.45) is 0.0765. The Balaban J connectivity index is 1.89. The molecule has 1 aromatic carbocycles. The van der Waals surface area contributed by atoms with Gasteiger partial charge in [-0.25, -0.2) is 0 Å². The number of phenolic OH excluding ortho intramolecular Hbond substituents is 1. The van der Waals surface area contributed by atoms with Crippen molar-refractivity contribution in [2.75, 3.05) is 38.4 Å². The van der Waals surface area contributed by atoms with E-state index in [1.807, 2.05) is 0 Å². The predicted molar refractivity (Wildman–Crippen MR) is 143 cm³/mol. The monoisotopic (exact) mass is 606 g/mol. The highest BCUT2D eigenvalue weighted by atomic mass is 79.9. The number of primary amides is 1. The molecule has 2 amide bonds. The van der Waals surface area contributed by atoms with Crippen LogP contribution in [0.2, 0.25) is 0 Å². The largest absolute Gasteiger partial charge is 0.505 e. The summed E-state index contributed by atoms with van der Waals surface area (Å²) in [6, 6.07) is 0.362. The summed E-state index contributed by atoms with van der Waals surface area (Å²) in [6.45, 7) is 1.58. The molecule has 0 heterocycles. The number of halogens is 1. The van der Waals surface area contributed by atoms with Crippen molar-refractivity contribution in [3.05, 3.63) is 17.2 Å². The first-order valence-electron chi connectivity index (χ1n) is 12.4. The SMILES string of the molecule is CC(Br)C(=O)Nc1cc(N(C)C)c2c(c1O)C(=O)C1C(=O)[C@]3(O)C(=O)C(C(N)=O)C(=O)[C@@H](N(C)C)C3CC1C2. The van der Waals surface area contributed by atoms with Crippen LogP contribution in [0, 0.1) is 23.7 Å². The molecule has 2 fully saturated rings. The summed E-state index contributed by atoms with van der Waals surface area (Å²) in [5.74, 6) is -11.8. The van der Waals surface area contributed by atoms with Gasteiger partial charge in [0.2, 0.25) is 11.8 Å². The van der Waals surface area contributed by atoms with E-state index in [0.717, 1.165) is 0 Å². The third-order valence-electron chi connectivity index (χ3n) is 8.14. The Morgan fingerprint density at radius 3 is 2.28 bits per heavy atom. The highest BCUT2D eigenvalue weighted by Gasteiger charge is 2.69. The van der Waals surface area contributed by atoms with Gasteiger partial charge >= 0.3 is 0 Å². The molecule has 0 aliphatic heterocycles. The van der Waals surface area contributed by atoms with E-state index in [4.69, 9.17) is 5.73 Å². The maximum absolute atomic E-state index is 13.9. The number of fused-ring (bicyclic) bond motifs is 3. The zero-order valence-corrected chi connectivity index (χ0v) is 23.7. The van der Waals surface area contributed by atoms with Gasteiger partial charge in [-0.2, -0.15) is 0 Å². The second-order valence-electron chi connectivity index (χ2n) is 10.9. The standard InChI is InChI=1S/C26H31BrN4O8/c1-9(27)25(38)29-13-8-14(30(2)3)11-6-10-7-12-18(31(4)5)21(34)17(24(28)37)23(36)26(12,39)22(35)15(10)20(33)16(11)19(13)32/h8-10,12,15,17-18,32,39H,6-7H2,1-5H3,(H2,28,37)(H,29,38)/t9?,10?,12?,15?,17?,18-,26-/m0/s1. The third-order valence-corrected chi connectivity index (χ3v) is 8.55. The third kappa shape index (κ3) is 4.18. The number of phenols is 1. The number of amides is 2. The predicted octanol–water partition coefficient (Wildman–Crippen LogP) is -0.345. The van der Waals surface area contributed by atoms with Crippen molar-refractivity contribution < 1.29 is 39.0 Å². The average molecular weight is 607 g/mol. The van der Waals surface area contributed by atoms with Gasteiger partial charge in [0.25, 0.3) is 0 Å². The molecular formula is C26H31BrN4O8. The molecular weight excluding hydrogens is 576 g/mol. The van der Waals surface area contributed by atoms with Crippen LogP contribution in [0.1, 0.15) is 29.3 Å². The molecule has 0 bridgehead atoms. The van der Waals surface area contributed by atoms with Gasteiger partial charge < -0.3 is 26.2 Å². The van der Waals surface area contributed by atoms with Crippen LogP contribution in [-0.4, -0.2) is 94.7 Å². The fraction of sp³-hybridized carbons (Fsp3) is 0.538. The van der Waals surface area contributed by atoms with Gasteiger partial charge in [-0.1, -0.05) is 15.9 Å². The number of carbonyl (C=O) groups is 6. The number of alkyl halides is 1. The Morgan fingerprint density at radius 1 is 1.15 bits per heavy atom. The number of nitrogens with one attached hydrogen (secondary N) is 1. The van der Waals surface area contributed by atoms with E-state index in [9.17, 15) is 39.0 Å². The van der Waals surface area contributed by atoms with Gasteiger partial charge in [-0.05, 0) is 51.4 Å². The van der Waals surface area contributed by atoms with Crippen molar-refractivity contribution in [1.82, 2.24) is 4.90 Å². The number of carbonyl (C=O) groups excluding carboxylic acids is 6. The quantitative estimate of drug-likeness (QED) is 0.196. The normalized spacial score (nSPS) is 30.8. The van der Waals surface area contributed by atoms with Crippen LogP contribution < -0.4 is 16.0 Å². The van der Waals surface area contributed by atoms with Crippen LogP contribution in [0.25, 0.3) is 0 Å². The summed E-state index contributed by atoms with van der Waals surface area (Å²) in [4.78, 5) is 81.4. The van der Waals surface area contributed by atoms with Gasteiger partial charge in [-0.15, -0.1) is 0 Å². The second-order valence-corrected chi connectivity index (χ2v) is 12.3. The van der Waals surface area contributed by atoms with Gasteiger partial charge in [0.1, 0.15) is 5.75 Å². The molecule has 1 aromatic rings. The topological polar surface area (TPSA) is 187 Å². The van der Waals surface area contributed by atoms with Gasteiger partial charge in [-0.3, -0.25) is 33.7 Å². The zero-order valence-electron chi connectivity index (χ0n) is 22.1. The molecule has 39 heavy (non-hydrogen) atoms. The minimum absolute atomic E-state index is 0.0406. The lowest BCUT2D eigenvalue weighted by Crippen LogP contribution is -2.74. The smallest absolute Gasteiger partial charge is 0.237 e. The summed E-state index contributed by atoms with van der Waals surface area (Å²) >= 11 is 3.15. The number of anilines is 2. The number of Topliss-reactive ketones (excluding diaryl/α,β-unsaturated/α-hetero) is 4. The van der Waals surface area contributed by atoms with E-state index in [1.165, 1.54) is 25.1 Å². The fourth-order valence-corrected chi connectivity index (χ4v) is 6.49. The highest BCUT2D eigenvalue weighted by Crippen LogP contribution is 2.52. The van der Waals surface area contributed by atoms with Crippen LogP contribution in [0.3, 0.4) is 0 Å². The Kier molecular flexibility index (Phi) is 7.24. The van der Waals surface area contributed by atoms with Gasteiger partial charge in [0.05, 0.1) is 28.0 Å². The van der Waals surface area contributed by atoms with Crippen LogP contribution in [-0.2, 0) is 30.4 Å². The first-order valence-corrected chi connectivity index (χ1v) is 13.3. The number of nitrogens with zero attached hydrogens (tertiary/aromatic N) is 2. The van der Waals surface area contributed by atoms with Crippen LogP contribution in [0.5, 0.6) is 5.75 Å². The van der Waals surface area contributed by atoms with E-state index in [0.29, 0.717) is 11.3 Å². The summed E-state index contributed by atoms with van der Waals surface area (Å²) < 4.78 is 0. The number of benzene rings is 1. The van der Waals surface area contributed by atoms with E-state index < -0.39 is 80.8 Å². The van der Waals surface area contributed by atoms with Crippen molar-refractivity contribution >= 4 is 62.3 Å². The van der Waals surface area contributed by atoms with Crippen LogP contribution in [0.4, 0.5) is 11.4 Å². The molecule has 7 atom stereocenters. The maximum atomic E-state index is 13.9.